The SMILES string of the molecule is COc1cccnc1NC(=O)c1cc(Cl)cc(Cl)c1. The minimum absolute atomic E-state index is 0.339. The van der Waals surface area contributed by atoms with Gasteiger partial charge in [0.25, 0.3) is 5.91 Å². The van der Waals surface area contributed by atoms with E-state index in [4.69, 9.17) is 27.9 Å². The van der Waals surface area contributed by atoms with Gasteiger partial charge in [-0.15, -0.1) is 0 Å². The molecule has 0 spiro atoms. The van der Waals surface area contributed by atoms with Crippen molar-refractivity contribution in [2.24, 2.45) is 0 Å². The number of methoxy groups -OCH3 is 1. The van der Waals surface area contributed by atoms with E-state index in [9.17, 15) is 4.79 Å². The zero-order valence-corrected chi connectivity index (χ0v) is 11.5. The number of anilines is 1. The van der Waals surface area contributed by atoms with Gasteiger partial charge < -0.3 is 10.1 Å². The maximum absolute atomic E-state index is 12.1. The number of amides is 1. The molecule has 0 bridgehead atoms. The summed E-state index contributed by atoms with van der Waals surface area (Å²) in [6, 6.07) is 8.02. The van der Waals surface area contributed by atoms with Gasteiger partial charge >= 0.3 is 0 Å². The van der Waals surface area contributed by atoms with Gasteiger partial charge in [-0.05, 0) is 30.3 Å². The smallest absolute Gasteiger partial charge is 0.257 e. The summed E-state index contributed by atoms with van der Waals surface area (Å²) >= 11 is 11.7. The molecular weight excluding hydrogens is 287 g/mol. The summed E-state index contributed by atoms with van der Waals surface area (Å²) in [6.45, 7) is 0. The molecule has 1 aromatic carbocycles. The fourth-order valence-electron chi connectivity index (χ4n) is 1.51. The van der Waals surface area contributed by atoms with Crippen LogP contribution in [0.5, 0.6) is 5.75 Å². The fraction of sp³-hybridized carbons (Fsp3) is 0.0769. The molecule has 19 heavy (non-hydrogen) atoms. The molecule has 0 aliphatic rings. The molecule has 1 N–H and O–H groups in total. The highest BCUT2D eigenvalue weighted by molar-refractivity contribution is 6.35. The summed E-state index contributed by atoms with van der Waals surface area (Å²) in [7, 11) is 1.50. The summed E-state index contributed by atoms with van der Waals surface area (Å²) < 4.78 is 5.10. The molecule has 4 nitrogen and oxygen atoms in total. The Morgan fingerprint density at radius 1 is 1.26 bits per heavy atom. The second-order valence-electron chi connectivity index (χ2n) is 3.67. The molecule has 0 saturated carbocycles. The molecule has 2 rings (SSSR count). The minimum Gasteiger partial charge on any atom is -0.493 e. The molecule has 98 valence electrons. The average molecular weight is 297 g/mol. The molecular formula is C13H10Cl2N2O2. The number of aromatic nitrogens is 1. The summed E-state index contributed by atoms with van der Waals surface area (Å²) in [4.78, 5) is 16.1. The Labute approximate surface area is 120 Å². The molecule has 0 radical (unpaired) electrons. The van der Waals surface area contributed by atoms with Gasteiger partial charge in [-0.1, -0.05) is 23.2 Å². The van der Waals surface area contributed by atoms with Gasteiger partial charge in [0.15, 0.2) is 11.6 Å². The number of nitrogens with zero attached hydrogens (tertiary/aromatic N) is 1. The number of carbonyl (C=O) groups excluding carboxylic acids is 1. The molecule has 1 amide bonds. The lowest BCUT2D eigenvalue weighted by atomic mass is 10.2. The van der Waals surface area contributed by atoms with Gasteiger partial charge in [-0.3, -0.25) is 4.79 Å². The summed E-state index contributed by atoms with van der Waals surface area (Å²) in [5, 5.41) is 3.43. The third-order valence-electron chi connectivity index (χ3n) is 2.35. The van der Waals surface area contributed by atoms with Gasteiger partial charge in [0.05, 0.1) is 7.11 Å². The van der Waals surface area contributed by atoms with Crippen LogP contribution >= 0.6 is 23.2 Å². The highest BCUT2D eigenvalue weighted by atomic mass is 35.5. The summed E-state index contributed by atoms with van der Waals surface area (Å²) in [5.74, 6) is 0.455. The van der Waals surface area contributed by atoms with Crippen LogP contribution in [0.25, 0.3) is 0 Å². The van der Waals surface area contributed by atoms with E-state index < -0.39 is 0 Å². The zero-order chi connectivity index (χ0) is 13.8. The van der Waals surface area contributed by atoms with Gasteiger partial charge in [-0.2, -0.15) is 0 Å². The first-order valence-electron chi connectivity index (χ1n) is 5.36. The highest BCUT2D eigenvalue weighted by Crippen LogP contribution is 2.23. The van der Waals surface area contributed by atoms with E-state index >= 15 is 0 Å². The van der Waals surface area contributed by atoms with Crippen LogP contribution in [-0.4, -0.2) is 18.0 Å². The molecule has 0 aliphatic heterocycles. The van der Waals surface area contributed by atoms with Gasteiger partial charge in [-0.25, -0.2) is 4.98 Å². The standard InChI is InChI=1S/C13H10Cl2N2O2/c1-19-11-3-2-4-16-12(11)17-13(18)8-5-9(14)7-10(15)6-8/h2-7H,1H3,(H,16,17,18). The van der Waals surface area contributed by atoms with Crippen molar-refractivity contribution >= 4 is 34.9 Å². The number of rotatable bonds is 3. The Morgan fingerprint density at radius 2 is 1.95 bits per heavy atom. The second-order valence-corrected chi connectivity index (χ2v) is 4.54. The first-order valence-corrected chi connectivity index (χ1v) is 6.12. The quantitative estimate of drug-likeness (QED) is 0.940. The van der Waals surface area contributed by atoms with Crippen LogP contribution in [0.4, 0.5) is 5.82 Å². The average Bonchev–Trinajstić information content (AvgIpc) is 2.38. The molecule has 0 saturated heterocycles. The largest absolute Gasteiger partial charge is 0.493 e. The zero-order valence-electron chi connectivity index (χ0n) is 9.98. The van der Waals surface area contributed by atoms with E-state index in [1.165, 1.54) is 19.2 Å². The van der Waals surface area contributed by atoms with Crippen molar-refractivity contribution in [3.05, 3.63) is 52.1 Å². The predicted molar refractivity (Wildman–Crippen MR) is 75.2 cm³/mol. The molecule has 1 heterocycles. The Morgan fingerprint density at radius 3 is 2.58 bits per heavy atom. The van der Waals surface area contributed by atoms with Gasteiger partial charge in [0, 0.05) is 21.8 Å². The number of hydrogen-bond donors (Lipinski definition) is 1. The minimum atomic E-state index is -0.360. The van der Waals surface area contributed by atoms with Crippen molar-refractivity contribution in [1.82, 2.24) is 4.98 Å². The van der Waals surface area contributed by atoms with Crippen molar-refractivity contribution in [1.29, 1.82) is 0 Å². The van der Waals surface area contributed by atoms with E-state index in [0.29, 0.717) is 27.2 Å². The highest BCUT2D eigenvalue weighted by Gasteiger charge is 2.11. The fourth-order valence-corrected chi connectivity index (χ4v) is 2.04. The van der Waals surface area contributed by atoms with E-state index in [2.05, 4.69) is 10.3 Å². The van der Waals surface area contributed by atoms with Gasteiger partial charge in [0.2, 0.25) is 0 Å². The monoisotopic (exact) mass is 296 g/mol. The van der Waals surface area contributed by atoms with Crippen LogP contribution in [-0.2, 0) is 0 Å². The van der Waals surface area contributed by atoms with Crippen LogP contribution in [0.3, 0.4) is 0 Å². The Balaban J connectivity index is 2.25. The van der Waals surface area contributed by atoms with E-state index in [1.54, 1.807) is 24.4 Å². The lowest BCUT2D eigenvalue weighted by Crippen LogP contribution is -2.13. The van der Waals surface area contributed by atoms with Crippen LogP contribution in [0, 0.1) is 0 Å². The number of nitrogens with one attached hydrogen (secondary N) is 1. The van der Waals surface area contributed by atoms with E-state index in [1.807, 2.05) is 0 Å². The normalized spacial score (nSPS) is 10.1. The Bertz CT molecular complexity index is 597. The first-order chi connectivity index (χ1) is 9.10. The topological polar surface area (TPSA) is 51.2 Å². The second kappa shape index (κ2) is 5.91. The van der Waals surface area contributed by atoms with E-state index in [-0.39, 0.29) is 5.91 Å². The predicted octanol–water partition coefficient (Wildman–Crippen LogP) is 3.65. The third-order valence-corrected chi connectivity index (χ3v) is 2.78. The molecule has 1 aromatic heterocycles. The number of benzene rings is 1. The van der Waals surface area contributed by atoms with Gasteiger partial charge in [0.1, 0.15) is 0 Å². The van der Waals surface area contributed by atoms with Crippen molar-refractivity contribution in [2.45, 2.75) is 0 Å². The molecule has 2 aromatic rings. The number of carbonyl (C=O) groups is 1. The summed E-state index contributed by atoms with van der Waals surface area (Å²) in [6.07, 6.45) is 1.56. The number of pyridine rings is 1. The lowest BCUT2D eigenvalue weighted by Gasteiger charge is -2.09. The number of halogens is 2. The van der Waals surface area contributed by atoms with Crippen molar-refractivity contribution in [3.63, 3.8) is 0 Å². The maximum Gasteiger partial charge on any atom is 0.257 e. The van der Waals surface area contributed by atoms with Crippen LogP contribution in [0.15, 0.2) is 36.5 Å². The Hall–Kier alpha value is -1.78. The van der Waals surface area contributed by atoms with Crippen molar-refractivity contribution in [2.75, 3.05) is 12.4 Å². The maximum atomic E-state index is 12.1. The lowest BCUT2D eigenvalue weighted by molar-refractivity contribution is 0.102. The third kappa shape index (κ3) is 3.36. The van der Waals surface area contributed by atoms with Crippen molar-refractivity contribution in [3.8, 4) is 5.75 Å². The number of ether oxygens (including phenoxy) is 1. The van der Waals surface area contributed by atoms with Crippen LogP contribution < -0.4 is 10.1 Å². The first kappa shape index (κ1) is 13.6. The molecule has 0 atom stereocenters. The molecule has 0 aliphatic carbocycles. The van der Waals surface area contributed by atoms with Crippen LogP contribution in [0.2, 0.25) is 10.0 Å². The molecule has 0 unspecified atom stereocenters. The Kier molecular flexibility index (Phi) is 4.24. The van der Waals surface area contributed by atoms with Crippen LogP contribution in [0.1, 0.15) is 10.4 Å². The molecule has 6 heteroatoms. The summed E-state index contributed by atoms with van der Waals surface area (Å²) in [5.41, 5.74) is 0.352. The van der Waals surface area contributed by atoms with E-state index in [0.717, 1.165) is 0 Å². The molecule has 0 fully saturated rings. The van der Waals surface area contributed by atoms with Crippen molar-refractivity contribution < 1.29 is 9.53 Å². The number of hydrogen-bond acceptors (Lipinski definition) is 3.